The number of benzene rings is 1. The van der Waals surface area contributed by atoms with Gasteiger partial charge in [0.05, 0.1) is 26.1 Å². The van der Waals surface area contributed by atoms with E-state index in [0.717, 1.165) is 20.3 Å². The molecule has 4 atom stereocenters. The smallest absolute Gasteiger partial charge is 0.350 e. The van der Waals surface area contributed by atoms with E-state index in [0.29, 0.717) is 24.3 Å². The van der Waals surface area contributed by atoms with Gasteiger partial charge in [-0.05, 0) is 49.6 Å². The molecule has 0 saturated carbocycles. The van der Waals surface area contributed by atoms with E-state index in [4.69, 9.17) is 52.2 Å². The summed E-state index contributed by atoms with van der Waals surface area (Å²) in [6.07, 6.45) is 3.14. The first-order valence-electron chi connectivity index (χ1n) is 16.6. The summed E-state index contributed by atoms with van der Waals surface area (Å²) >= 11 is 6.09. The highest BCUT2D eigenvalue weighted by molar-refractivity contribution is 6.28. The topological polar surface area (TPSA) is 226 Å². The van der Waals surface area contributed by atoms with E-state index in [2.05, 4.69) is 26.2 Å². The molecule has 0 unspecified atom stereocenters. The maximum atomic E-state index is 13.8. The fourth-order valence-corrected chi connectivity index (χ4v) is 6.34. The molecule has 53 heavy (non-hydrogen) atoms. The van der Waals surface area contributed by atoms with Crippen LogP contribution in [0.2, 0.25) is 5.28 Å². The first kappa shape index (κ1) is 38.7. The Hall–Kier alpha value is -5.51. The summed E-state index contributed by atoms with van der Waals surface area (Å²) in [6.45, 7) is 5.35. The fraction of sp³-hybridized carbons (Fsp3) is 0.471. The second-order valence-corrected chi connectivity index (χ2v) is 12.3. The van der Waals surface area contributed by atoms with Crippen LogP contribution in [0.3, 0.4) is 0 Å². The Bertz CT molecular complexity index is 1910. The van der Waals surface area contributed by atoms with Gasteiger partial charge in [0.15, 0.2) is 17.7 Å². The molecule has 0 radical (unpaired) electrons. The van der Waals surface area contributed by atoms with Gasteiger partial charge in [0.25, 0.3) is 5.60 Å². The lowest BCUT2D eigenvalue weighted by Crippen LogP contribution is -2.57. The number of nitrogen functional groups attached to an aromatic ring is 1. The number of nitrogens with two attached hydrogens (primary N) is 1. The lowest BCUT2D eigenvalue weighted by Gasteiger charge is -2.35. The third kappa shape index (κ3) is 7.68. The number of amides is 2. The van der Waals surface area contributed by atoms with Crippen molar-refractivity contribution in [1.82, 2.24) is 24.8 Å². The zero-order valence-corrected chi connectivity index (χ0v) is 30.1. The van der Waals surface area contributed by atoms with Crippen LogP contribution in [-0.4, -0.2) is 106 Å². The van der Waals surface area contributed by atoms with Gasteiger partial charge >= 0.3 is 29.9 Å². The number of nitrogens with one attached hydrogen (secondary N) is 1. The normalized spacial score (nSPS) is 21.4. The third-order valence-corrected chi connectivity index (χ3v) is 8.63. The number of carbonyl (C=O) groups is 5. The molecule has 19 heteroatoms. The molecule has 2 saturated heterocycles. The lowest BCUT2D eigenvalue weighted by molar-refractivity contribution is -0.200. The summed E-state index contributed by atoms with van der Waals surface area (Å²) in [7, 11) is 0. The Morgan fingerprint density at radius 1 is 1.11 bits per heavy atom. The van der Waals surface area contributed by atoms with Gasteiger partial charge in [-0.1, -0.05) is 18.1 Å². The number of imidazole rings is 1. The minimum absolute atomic E-state index is 0.0536. The summed E-state index contributed by atoms with van der Waals surface area (Å²) in [6, 6.07) is 6.32. The van der Waals surface area contributed by atoms with Crippen molar-refractivity contribution in [2.24, 2.45) is 0 Å². The summed E-state index contributed by atoms with van der Waals surface area (Å²) < 4.78 is 35.9. The van der Waals surface area contributed by atoms with E-state index in [1.807, 2.05) is 0 Å². The largest absolute Gasteiger partial charge is 0.463 e. The van der Waals surface area contributed by atoms with E-state index in [-0.39, 0.29) is 41.5 Å². The van der Waals surface area contributed by atoms with Crippen molar-refractivity contribution in [2.75, 3.05) is 43.5 Å². The number of nitrogens with zero attached hydrogens (tertiary/aromatic N) is 5. The van der Waals surface area contributed by atoms with Gasteiger partial charge in [-0.2, -0.15) is 9.97 Å². The van der Waals surface area contributed by atoms with Crippen molar-refractivity contribution < 1.29 is 52.4 Å². The van der Waals surface area contributed by atoms with Gasteiger partial charge in [-0.3, -0.25) is 19.1 Å². The second-order valence-electron chi connectivity index (χ2n) is 11.9. The highest BCUT2D eigenvalue weighted by Gasteiger charge is 2.63. The van der Waals surface area contributed by atoms with Crippen molar-refractivity contribution in [3.8, 4) is 12.3 Å². The maximum Gasteiger partial charge on any atom is 0.350 e. The Labute approximate surface area is 308 Å². The molecule has 2 fully saturated rings. The van der Waals surface area contributed by atoms with Crippen LogP contribution < -0.4 is 16.0 Å². The van der Waals surface area contributed by atoms with E-state index in [1.54, 1.807) is 43.0 Å². The number of urea groups is 1. The molecule has 0 bridgehead atoms. The second kappa shape index (κ2) is 16.0. The standard InChI is InChI=1S/C34H38ClN7O11/c1-6-33(53-20(5)44)23(52-28(25(33)51-19(4)43)42-18-38-24-26(36)39-31(35)40-27(24)42)17-50-34(29(45)48-7-2,30(46)49-8-3)16-21-10-12-22(13-11-21)41-15-9-14-37-32(41)47/h1,10-13,18,23,25,28H,7-9,14-17H2,2-5H3,(H,37,47)(H2,36,39,40)/t23-,25+,28-,33-/m1/s1. The van der Waals surface area contributed by atoms with Crippen LogP contribution in [0.25, 0.3) is 11.2 Å². The molecule has 2 aromatic heterocycles. The van der Waals surface area contributed by atoms with Gasteiger partial charge in [0.1, 0.15) is 11.6 Å². The number of halogens is 1. The molecule has 2 aliphatic heterocycles. The number of fused-ring (bicyclic) bond motifs is 1. The minimum Gasteiger partial charge on any atom is -0.463 e. The van der Waals surface area contributed by atoms with Gasteiger partial charge in [0, 0.05) is 39.0 Å². The molecule has 3 N–H and O–H groups in total. The molecule has 5 rings (SSSR count). The van der Waals surface area contributed by atoms with Gasteiger partial charge in [-0.15, -0.1) is 6.42 Å². The van der Waals surface area contributed by atoms with Gasteiger partial charge in [0.2, 0.25) is 17.0 Å². The van der Waals surface area contributed by atoms with Crippen molar-refractivity contribution in [2.45, 2.75) is 70.2 Å². The van der Waals surface area contributed by atoms with Crippen LogP contribution >= 0.6 is 11.6 Å². The van der Waals surface area contributed by atoms with Crippen molar-refractivity contribution in [1.29, 1.82) is 0 Å². The predicted molar refractivity (Wildman–Crippen MR) is 185 cm³/mol. The molecule has 282 valence electrons. The highest BCUT2D eigenvalue weighted by Crippen LogP contribution is 2.44. The highest BCUT2D eigenvalue weighted by atomic mass is 35.5. The molecule has 2 aliphatic rings. The summed E-state index contributed by atoms with van der Waals surface area (Å²) in [5.74, 6) is -1.56. The summed E-state index contributed by atoms with van der Waals surface area (Å²) in [5, 5.41) is 2.55. The lowest BCUT2D eigenvalue weighted by atomic mass is 9.91. The Morgan fingerprint density at radius 2 is 1.79 bits per heavy atom. The van der Waals surface area contributed by atoms with E-state index >= 15 is 0 Å². The van der Waals surface area contributed by atoms with Crippen LogP contribution in [0.15, 0.2) is 30.6 Å². The molecule has 3 aromatic rings. The molecule has 18 nitrogen and oxygen atoms in total. The average molecular weight is 756 g/mol. The number of hydrogen-bond acceptors (Lipinski definition) is 15. The summed E-state index contributed by atoms with van der Waals surface area (Å²) in [4.78, 5) is 79.1. The van der Waals surface area contributed by atoms with Crippen molar-refractivity contribution in [3.63, 3.8) is 0 Å². The van der Waals surface area contributed by atoms with E-state index < -0.39 is 66.5 Å². The number of terminal acetylenes is 1. The van der Waals surface area contributed by atoms with E-state index in [1.165, 1.54) is 10.9 Å². The number of anilines is 2. The number of rotatable bonds is 13. The number of hydrogen-bond donors (Lipinski definition) is 2. The van der Waals surface area contributed by atoms with Crippen LogP contribution in [0.4, 0.5) is 16.3 Å². The molecular formula is C34H38ClN7O11. The Morgan fingerprint density at radius 3 is 2.38 bits per heavy atom. The fourth-order valence-electron chi connectivity index (χ4n) is 6.16. The first-order valence-corrected chi connectivity index (χ1v) is 17.0. The van der Waals surface area contributed by atoms with Crippen LogP contribution in [0.1, 0.15) is 45.9 Å². The van der Waals surface area contributed by atoms with Crippen LogP contribution in [-0.2, 0) is 54.0 Å². The molecule has 0 aliphatic carbocycles. The maximum absolute atomic E-state index is 13.8. The predicted octanol–water partition coefficient (Wildman–Crippen LogP) is 1.87. The minimum atomic E-state index is -2.46. The Kier molecular flexibility index (Phi) is 11.7. The number of aromatic nitrogens is 4. The van der Waals surface area contributed by atoms with Crippen LogP contribution in [0.5, 0.6) is 0 Å². The summed E-state index contributed by atoms with van der Waals surface area (Å²) in [5.41, 5.74) is 2.53. The number of carbonyl (C=O) groups excluding carboxylic acids is 5. The van der Waals surface area contributed by atoms with E-state index in [9.17, 15) is 24.0 Å². The Balaban J connectivity index is 1.57. The molecule has 1 aromatic carbocycles. The van der Waals surface area contributed by atoms with Crippen molar-refractivity contribution in [3.05, 3.63) is 41.4 Å². The number of ether oxygens (including phenoxy) is 6. The van der Waals surface area contributed by atoms with Gasteiger partial charge < -0.3 is 39.5 Å². The molecule has 4 heterocycles. The monoisotopic (exact) mass is 755 g/mol. The van der Waals surface area contributed by atoms with Gasteiger partial charge in [-0.25, -0.2) is 19.4 Å². The van der Waals surface area contributed by atoms with Crippen molar-refractivity contribution >= 4 is 64.2 Å². The average Bonchev–Trinajstić information content (AvgIpc) is 3.65. The molecule has 2 amide bonds. The number of esters is 4. The first-order chi connectivity index (χ1) is 25.3. The zero-order valence-electron chi connectivity index (χ0n) is 29.3. The SMILES string of the molecule is C#C[C@@]1(OC(C)=O)[C@@H](COC(Cc2ccc(N3CCCNC3=O)cc2)(C(=O)OCC)C(=O)OCC)O[C@@H](n2cnc3c(N)nc(Cl)nc32)[C@@H]1OC(C)=O. The third-order valence-electron chi connectivity index (χ3n) is 8.46. The zero-order chi connectivity index (χ0) is 38.5. The quantitative estimate of drug-likeness (QED) is 0.0835. The van der Waals surface area contributed by atoms with Crippen LogP contribution in [0, 0.1) is 12.3 Å². The molecular weight excluding hydrogens is 718 g/mol. The molecule has 0 spiro atoms.